The number of carbonyl (C=O) groups is 1. The van der Waals surface area contributed by atoms with Crippen LogP contribution in [0, 0.1) is 0 Å². The topological polar surface area (TPSA) is 30.0 Å². The molecule has 0 bridgehead atoms. The largest absolute Gasteiger partial charge is 0.275 e. The summed E-state index contributed by atoms with van der Waals surface area (Å²) in [6.45, 7) is 0. The molecule has 2 aromatic carbocycles. The predicted molar refractivity (Wildman–Crippen MR) is 90.1 cm³/mol. The van der Waals surface area contributed by atoms with Gasteiger partial charge in [0.2, 0.25) is 0 Å². The monoisotopic (exact) mass is 379 g/mol. The predicted octanol–water partition coefficient (Wildman–Crippen LogP) is 5.70. The molecule has 0 amide bonds. The summed E-state index contributed by atoms with van der Waals surface area (Å²) >= 11 is 15.5. The lowest BCUT2D eigenvalue weighted by molar-refractivity contribution is 0.108. The number of halogens is 3. The molecule has 0 aliphatic rings. The molecule has 0 saturated carbocycles. The molecule has 1 aromatic heterocycles. The van der Waals surface area contributed by atoms with Crippen LogP contribution in [-0.2, 0) is 0 Å². The maximum Gasteiger partial charge on any atom is 0.256 e. The van der Waals surface area contributed by atoms with Crippen LogP contribution < -0.4 is 0 Å². The van der Waals surface area contributed by atoms with Gasteiger partial charge in [0.1, 0.15) is 0 Å². The third kappa shape index (κ3) is 2.69. The Kier molecular flexibility index (Phi) is 3.98. The van der Waals surface area contributed by atoms with Gasteiger partial charge in [0.25, 0.3) is 5.24 Å². The molecular weight excluding hydrogens is 373 g/mol. The van der Waals surface area contributed by atoms with E-state index in [2.05, 4.69) is 20.9 Å². The smallest absolute Gasteiger partial charge is 0.256 e. The van der Waals surface area contributed by atoms with Crippen LogP contribution >= 0.6 is 39.1 Å². The summed E-state index contributed by atoms with van der Waals surface area (Å²) in [5.74, 6) is 0. The quantitative estimate of drug-likeness (QED) is 0.534. The van der Waals surface area contributed by atoms with Crippen molar-refractivity contribution in [3.8, 4) is 11.3 Å². The Hall–Kier alpha value is -1.42. The number of hydrogen-bond donors (Lipinski definition) is 0. The van der Waals surface area contributed by atoms with Crippen LogP contribution in [0.1, 0.15) is 10.4 Å². The van der Waals surface area contributed by atoms with Crippen molar-refractivity contribution in [3.05, 3.63) is 63.6 Å². The molecule has 0 fully saturated rings. The molecule has 0 saturated heterocycles. The van der Waals surface area contributed by atoms with Crippen LogP contribution in [0.15, 0.2) is 53.0 Å². The van der Waals surface area contributed by atoms with Crippen molar-refractivity contribution in [3.63, 3.8) is 0 Å². The van der Waals surface area contributed by atoms with Gasteiger partial charge >= 0.3 is 0 Å². The highest BCUT2D eigenvalue weighted by atomic mass is 79.9. The third-order valence-corrected chi connectivity index (χ3v) is 4.20. The van der Waals surface area contributed by atoms with Crippen LogP contribution in [-0.4, -0.2) is 10.2 Å². The van der Waals surface area contributed by atoms with Crippen molar-refractivity contribution in [2.45, 2.75) is 0 Å². The molecule has 0 N–H and O–H groups in total. The second-order valence-electron chi connectivity index (χ2n) is 4.45. The molecule has 0 spiro atoms. The molecule has 2 nitrogen and oxygen atoms in total. The molecule has 0 aliphatic heterocycles. The molecule has 0 unspecified atom stereocenters. The van der Waals surface area contributed by atoms with Gasteiger partial charge in [-0.25, -0.2) is 4.98 Å². The van der Waals surface area contributed by atoms with E-state index in [1.54, 1.807) is 0 Å². The summed E-state index contributed by atoms with van der Waals surface area (Å²) < 4.78 is 0.860. The molecule has 1 heterocycles. The fraction of sp³-hybridized carbons (Fsp3) is 0. The number of hydrogen-bond acceptors (Lipinski definition) is 2. The summed E-state index contributed by atoms with van der Waals surface area (Å²) in [4.78, 5) is 16.4. The van der Waals surface area contributed by atoms with Crippen LogP contribution in [0.5, 0.6) is 0 Å². The van der Waals surface area contributed by atoms with E-state index >= 15 is 0 Å². The van der Waals surface area contributed by atoms with E-state index in [-0.39, 0.29) is 5.56 Å². The van der Waals surface area contributed by atoms with Gasteiger partial charge in [0.05, 0.1) is 21.8 Å². The Morgan fingerprint density at radius 2 is 1.81 bits per heavy atom. The van der Waals surface area contributed by atoms with E-state index in [0.29, 0.717) is 21.6 Å². The standard InChI is InChI=1S/C16H8BrCl2NO/c17-10-6-7-12-11(8-10)14(18)13(16(19)21)15(20-12)9-4-2-1-3-5-9/h1-8H. The zero-order valence-electron chi connectivity index (χ0n) is 10.6. The molecule has 5 heteroatoms. The lowest BCUT2D eigenvalue weighted by Gasteiger charge is -2.11. The zero-order valence-corrected chi connectivity index (χ0v) is 13.7. The highest BCUT2D eigenvalue weighted by Gasteiger charge is 2.19. The summed E-state index contributed by atoms with van der Waals surface area (Å²) in [7, 11) is 0. The Morgan fingerprint density at radius 1 is 1.10 bits per heavy atom. The van der Waals surface area contributed by atoms with Gasteiger partial charge in [-0.05, 0) is 29.8 Å². The van der Waals surface area contributed by atoms with Crippen LogP contribution in [0.3, 0.4) is 0 Å². The molecular formula is C16H8BrCl2NO. The molecule has 3 rings (SSSR count). The van der Waals surface area contributed by atoms with E-state index in [1.165, 1.54) is 0 Å². The minimum atomic E-state index is -0.617. The van der Waals surface area contributed by atoms with Crippen molar-refractivity contribution in [1.29, 1.82) is 0 Å². The van der Waals surface area contributed by atoms with Gasteiger partial charge < -0.3 is 0 Å². The third-order valence-electron chi connectivity index (χ3n) is 3.13. The summed E-state index contributed by atoms with van der Waals surface area (Å²) in [5, 5.41) is 0.392. The van der Waals surface area contributed by atoms with Gasteiger partial charge in [-0.1, -0.05) is 57.9 Å². The average molecular weight is 381 g/mol. The normalized spacial score (nSPS) is 10.8. The first kappa shape index (κ1) is 14.5. The molecule has 0 aliphatic carbocycles. The Balaban J connectivity index is 2.41. The Bertz CT molecular complexity index is 850. The van der Waals surface area contributed by atoms with E-state index < -0.39 is 5.24 Å². The summed E-state index contributed by atoms with van der Waals surface area (Å²) in [5.41, 5.74) is 2.24. The van der Waals surface area contributed by atoms with Gasteiger partial charge in [0.15, 0.2) is 0 Å². The molecule has 104 valence electrons. The number of fused-ring (bicyclic) bond motifs is 1. The minimum Gasteiger partial charge on any atom is -0.275 e. The minimum absolute atomic E-state index is 0.232. The molecule has 3 aromatic rings. The molecule has 0 radical (unpaired) electrons. The zero-order chi connectivity index (χ0) is 15.0. The maximum absolute atomic E-state index is 11.8. The van der Waals surface area contributed by atoms with E-state index in [0.717, 1.165) is 10.0 Å². The van der Waals surface area contributed by atoms with Crippen LogP contribution in [0.4, 0.5) is 0 Å². The summed E-state index contributed by atoms with van der Waals surface area (Å²) in [6.07, 6.45) is 0. The van der Waals surface area contributed by atoms with Crippen molar-refractivity contribution >= 4 is 55.3 Å². The fourth-order valence-electron chi connectivity index (χ4n) is 2.18. The van der Waals surface area contributed by atoms with Gasteiger partial charge in [0, 0.05) is 15.4 Å². The number of carbonyl (C=O) groups excluding carboxylic acids is 1. The van der Waals surface area contributed by atoms with Crippen molar-refractivity contribution in [2.75, 3.05) is 0 Å². The number of pyridine rings is 1. The first-order valence-electron chi connectivity index (χ1n) is 6.12. The van der Waals surface area contributed by atoms with Crippen molar-refractivity contribution in [1.82, 2.24) is 4.98 Å². The Morgan fingerprint density at radius 3 is 2.48 bits per heavy atom. The molecule has 0 atom stereocenters. The SMILES string of the molecule is O=C(Cl)c1c(-c2ccccc2)nc2ccc(Br)cc2c1Cl. The number of aromatic nitrogens is 1. The van der Waals surface area contributed by atoms with E-state index in [9.17, 15) is 4.79 Å². The maximum atomic E-state index is 11.8. The van der Waals surface area contributed by atoms with Gasteiger partial charge in [-0.15, -0.1) is 0 Å². The first-order chi connectivity index (χ1) is 10.1. The Labute approximate surface area is 139 Å². The van der Waals surface area contributed by atoms with Crippen LogP contribution in [0.25, 0.3) is 22.2 Å². The highest BCUT2D eigenvalue weighted by molar-refractivity contribution is 9.10. The van der Waals surface area contributed by atoms with E-state index in [1.807, 2.05) is 48.5 Å². The van der Waals surface area contributed by atoms with E-state index in [4.69, 9.17) is 23.2 Å². The number of rotatable bonds is 2. The van der Waals surface area contributed by atoms with Crippen LogP contribution in [0.2, 0.25) is 5.02 Å². The first-order valence-corrected chi connectivity index (χ1v) is 7.67. The van der Waals surface area contributed by atoms with Gasteiger partial charge in [-0.2, -0.15) is 0 Å². The second kappa shape index (κ2) is 5.76. The second-order valence-corrected chi connectivity index (χ2v) is 6.09. The lowest BCUT2D eigenvalue weighted by atomic mass is 10.0. The van der Waals surface area contributed by atoms with Crippen molar-refractivity contribution < 1.29 is 4.79 Å². The fourth-order valence-corrected chi connectivity index (χ4v) is 3.10. The molecule has 21 heavy (non-hydrogen) atoms. The summed E-state index contributed by atoms with van der Waals surface area (Å²) in [6, 6.07) is 14.9. The lowest BCUT2D eigenvalue weighted by Crippen LogP contribution is -2.00. The highest BCUT2D eigenvalue weighted by Crippen LogP contribution is 2.35. The van der Waals surface area contributed by atoms with Crippen molar-refractivity contribution in [2.24, 2.45) is 0 Å². The number of benzene rings is 2. The van der Waals surface area contributed by atoms with Gasteiger partial charge in [-0.3, -0.25) is 4.79 Å². The average Bonchev–Trinajstić information content (AvgIpc) is 2.48. The number of nitrogens with zero attached hydrogens (tertiary/aromatic N) is 1.